The predicted octanol–water partition coefficient (Wildman–Crippen LogP) is 2.69. The van der Waals surface area contributed by atoms with Gasteiger partial charge in [-0.3, -0.25) is 13.9 Å². The van der Waals surface area contributed by atoms with Crippen LogP contribution >= 0.6 is 12.4 Å². The van der Waals surface area contributed by atoms with E-state index in [0.717, 1.165) is 27.7 Å². The molecule has 1 spiro atoms. The SMILES string of the molecule is CC(C)(N)C(=O)N[C@H](Cc1c[nH]c2ccccc12)C(=O)N1CCC2(CC1)CN(S(C)(=O)=O)c1ccccc12.Cl. The van der Waals surface area contributed by atoms with E-state index < -0.39 is 27.5 Å². The highest BCUT2D eigenvalue weighted by atomic mass is 35.5. The molecule has 0 bridgehead atoms. The summed E-state index contributed by atoms with van der Waals surface area (Å²) in [6, 6.07) is 14.7. The Morgan fingerprint density at radius 1 is 1.10 bits per heavy atom. The lowest BCUT2D eigenvalue weighted by Crippen LogP contribution is -2.58. The van der Waals surface area contributed by atoms with Gasteiger partial charge in [0.05, 0.1) is 17.5 Å². The van der Waals surface area contributed by atoms with Gasteiger partial charge >= 0.3 is 0 Å². The number of carbonyl (C=O) groups excluding carboxylic acids is 2. The fourth-order valence-electron chi connectivity index (χ4n) is 5.75. The Morgan fingerprint density at radius 3 is 2.41 bits per heavy atom. The molecule has 1 atom stereocenters. The normalized spacial score (nSPS) is 17.5. The number of H-pyrrole nitrogens is 1. The summed E-state index contributed by atoms with van der Waals surface area (Å²) in [5.74, 6) is -0.549. The summed E-state index contributed by atoms with van der Waals surface area (Å²) < 4.78 is 26.5. The minimum Gasteiger partial charge on any atom is -0.361 e. The molecule has 1 fully saturated rings. The third kappa shape index (κ3) is 5.50. The summed E-state index contributed by atoms with van der Waals surface area (Å²) in [4.78, 5) is 31.7. The highest BCUT2D eigenvalue weighted by Gasteiger charge is 2.48. The maximum atomic E-state index is 13.8. The van der Waals surface area contributed by atoms with E-state index in [-0.39, 0.29) is 23.7 Å². The second-order valence-electron chi connectivity index (χ2n) is 11.2. The molecule has 11 heteroatoms. The topological polar surface area (TPSA) is 129 Å². The van der Waals surface area contributed by atoms with Gasteiger partial charge in [0.15, 0.2) is 0 Å². The van der Waals surface area contributed by atoms with Crippen LogP contribution in [-0.2, 0) is 31.4 Å². The number of fused-ring (bicyclic) bond motifs is 3. The molecule has 4 N–H and O–H groups in total. The fraction of sp³-hybridized carbons (Fsp3) is 0.429. The second kappa shape index (κ2) is 10.5. The number of piperidine rings is 1. The average Bonchev–Trinajstić information content (AvgIpc) is 3.43. The lowest BCUT2D eigenvalue weighted by Gasteiger charge is -2.41. The number of hydrogen-bond donors (Lipinski definition) is 3. The van der Waals surface area contributed by atoms with Gasteiger partial charge < -0.3 is 20.9 Å². The summed E-state index contributed by atoms with van der Waals surface area (Å²) in [7, 11) is -3.42. The Hall–Kier alpha value is -3.08. The molecule has 0 radical (unpaired) electrons. The van der Waals surface area contributed by atoms with E-state index >= 15 is 0 Å². The van der Waals surface area contributed by atoms with Gasteiger partial charge in [-0.1, -0.05) is 36.4 Å². The Morgan fingerprint density at radius 2 is 1.74 bits per heavy atom. The molecule has 210 valence electrons. The first-order valence-corrected chi connectivity index (χ1v) is 14.7. The Balaban J connectivity index is 0.00000353. The molecule has 1 saturated heterocycles. The summed E-state index contributed by atoms with van der Waals surface area (Å²) in [6.45, 7) is 4.55. The number of nitrogens with one attached hydrogen (secondary N) is 2. The molecule has 3 heterocycles. The van der Waals surface area contributed by atoms with Crippen molar-refractivity contribution in [3.05, 3.63) is 65.9 Å². The largest absolute Gasteiger partial charge is 0.361 e. The van der Waals surface area contributed by atoms with Gasteiger partial charge in [-0.2, -0.15) is 0 Å². The van der Waals surface area contributed by atoms with Crippen LogP contribution in [0.3, 0.4) is 0 Å². The molecular formula is C28H36ClN5O4S. The molecule has 5 rings (SSSR count). The van der Waals surface area contributed by atoms with Crippen molar-refractivity contribution in [1.29, 1.82) is 0 Å². The molecule has 1 aromatic heterocycles. The highest BCUT2D eigenvalue weighted by molar-refractivity contribution is 7.92. The maximum absolute atomic E-state index is 13.8. The van der Waals surface area contributed by atoms with Crippen molar-refractivity contribution in [2.75, 3.05) is 30.2 Å². The molecular weight excluding hydrogens is 538 g/mol. The van der Waals surface area contributed by atoms with Crippen LogP contribution in [0.15, 0.2) is 54.7 Å². The number of benzene rings is 2. The Kier molecular flexibility index (Phi) is 7.77. The number of nitrogens with two attached hydrogens (primary N) is 1. The number of amides is 2. The molecule has 9 nitrogen and oxygen atoms in total. The zero-order valence-electron chi connectivity index (χ0n) is 22.4. The summed E-state index contributed by atoms with van der Waals surface area (Å²) in [6.07, 6.45) is 4.72. The standard InChI is InChI=1S/C28H35N5O4S.ClH/c1-27(2,29)26(35)31-23(16-19-17-30-22-10-6-4-8-20(19)22)25(34)32-14-12-28(13-15-32)18-33(38(3,36)37)24-11-7-5-9-21(24)28;/h4-11,17,23,30H,12-16,18,29H2,1-3H3,(H,31,35);1H/t23-;/m1./s1. The quantitative estimate of drug-likeness (QED) is 0.418. The number of rotatable bonds is 6. The van der Waals surface area contributed by atoms with Crippen LogP contribution in [0.25, 0.3) is 10.9 Å². The molecule has 0 aliphatic carbocycles. The van der Waals surface area contributed by atoms with Crippen LogP contribution in [0.4, 0.5) is 5.69 Å². The van der Waals surface area contributed by atoms with Crippen molar-refractivity contribution in [2.45, 2.75) is 50.1 Å². The van der Waals surface area contributed by atoms with E-state index in [9.17, 15) is 18.0 Å². The smallest absolute Gasteiger partial charge is 0.245 e. The minimum atomic E-state index is -3.42. The third-order valence-electron chi connectivity index (χ3n) is 7.91. The number of aromatic nitrogens is 1. The minimum absolute atomic E-state index is 0. The zero-order valence-corrected chi connectivity index (χ0v) is 24.1. The molecule has 0 saturated carbocycles. The number of anilines is 1. The predicted molar refractivity (Wildman–Crippen MR) is 156 cm³/mol. The Labute approximate surface area is 235 Å². The van der Waals surface area contributed by atoms with Gasteiger partial charge in [-0.15, -0.1) is 12.4 Å². The van der Waals surface area contributed by atoms with E-state index in [4.69, 9.17) is 5.73 Å². The molecule has 2 aromatic carbocycles. The van der Waals surface area contributed by atoms with Crippen LogP contribution in [0, 0.1) is 0 Å². The Bertz CT molecular complexity index is 1490. The maximum Gasteiger partial charge on any atom is 0.245 e. The number of nitrogens with zero attached hydrogens (tertiary/aromatic N) is 2. The first-order valence-electron chi connectivity index (χ1n) is 12.9. The van der Waals surface area contributed by atoms with Gasteiger partial charge in [0.1, 0.15) is 6.04 Å². The number of carbonyl (C=O) groups is 2. The van der Waals surface area contributed by atoms with Crippen molar-refractivity contribution in [1.82, 2.24) is 15.2 Å². The van der Waals surface area contributed by atoms with Gasteiger partial charge in [0.25, 0.3) is 0 Å². The number of likely N-dealkylation sites (tertiary alicyclic amines) is 1. The van der Waals surface area contributed by atoms with Crippen molar-refractivity contribution < 1.29 is 18.0 Å². The number of aromatic amines is 1. The summed E-state index contributed by atoms with van der Waals surface area (Å²) in [5, 5.41) is 3.91. The lowest BCUT2D eigenvalue weighted by atomic mass is 9.74. The van der Waals surface area contributed by atoms with Crippen molar-refractivity contribution >= 4 is 50.8 Å². The molecule has 2 aliphatic rings. The molecule has 2 aliphatic heterocycles. The third-order valence-corrected chi connectivity index (χ3v) is 9.04. The van der Waals surface area contributed by atoms with Crippen molar-refractivity contribution in [3.63, 3.8) is 0 Å². The lowest BCUT2D eigenvalue weighted by molar-refractivity contribution is -0.138. The molecule has 2 amide bonds. The van der Waals surface area contributed by atoms with Crippen LogP contribution in [0.5, 0.6) is 0 Å². The summed E-state index contributed by atoms with van der Waals surface area (Å²) >= 11 is 0. The van der Waals surface area contributed by atoms with Gasteiger partial charge in [0, 0.05) is 48.6 Å². The van der Waals surface area contributed by atoms with E-state index in [0.29, 0.717) is 38.9 Å². The first-order chi connectivity index (χ1) is 17.9. The van der Waals surface area contributed by atoms with E-state index in [1.165, 1.54) is 10.6 Å². The van der Waals surface area contributed by atoms with E-state index in [1.54, 1.807) is 18.7 Å². The van der Waals surface area contributed by atoms with Gasteiger partial charge in [-0.05, 0) is 49.9 Å². The van der Waals surface area contributed by atoms with Gasteiger partial charge in [0.2, 0.25) is 21.8 Å². The van der Waals surface area contributed by atoms with E-state index in [1.807, 2.05) is 54.7 Å². The van der Waals surface area contributed by atoms with Crippen LogP contribution in [0.1, 0.15) is 37.8 Å². The van der Waals surface area contributed by atoms with Crippen LogP contribution in [0.2, 0.25) is 0 Å². The summed E-state index contributed by atoms with van der Waals surface area (Å²) in [5.41, 5.74) is 8.22. The second-order valence-corrected chi connectivity index (χ2v) is 13.1. The van der Waals surface area contributed by atoms with Crippen molar-refractivity contribution in [3.8, 4) is 0 Å². The highest BCUT2D eigenvalue weighted by Crippen LogP contribution is 2.47. The number of sulfonamides is 1. The molecule has 39 heavy (non-hydrogen) atoms. The molecule has 3 aromatic rings. The first kappa shape index (κ1) is 28.9. The van der Waals surface area contributed by atoms with Gasteiger partial charge in [-0.25, -0.2) is 8.42 Å². The monoisotopic (exact) mass is 573 g/mol. The van der Waals surface area contributed by atoms with Crippen LogP contribution < -0.4 is 15.4 Å². The zero-order chi connectivity index (χ0) is 27.3. The number of hydrogen-bond acceptors (Lipinski definition) is 5. The molecule has 0 unspecified atom stereocenters. The van der Waals surface area contributed by atoms with Crippen molar-refractivity contribution in [2.24, 2.45) is 5.73 Å². The van der Waals surface area contributed by atoms with E-state index in [2.05, 4.69) is 10.3 Å². The average molecular weight is 574 g/mol. The van der Waals surface area contributed by atoms with Crippen LogP contribution in [-0.4, -0.2) is 67.6 Å². The fourth-order valence-corrected chi connectivity index (χ4v) is 6.75. The number of para-hydroxylation sites is 2. The number of halogens is 1.